The van der Waals surface area contributed by atoms with Gasteiger partial charge in [0.1, 0.15) is 5.82 Å². The van der Waals surface area contributed by atoms with Gasteiger partial charge in [0.25, 0.3) is 0 Å². The van der Waals surface area contributed by atoms with Crippen LogP contribution < -0.4 is 5.32 Å². The van der Waals surface area contributed by atoms with Gasteiger partial charge in [0.2, 0.25) is 0 Å². The van der Waals surface area contributed by atoms with E-state index >= 15 is 0 Å². The molecule has 0 spiro atoms. The number of nitrogens with zero attached hydrogens (tertiary/aromatic N) is 3. The van der Waals surface area contributed by atoms with E-state index in [4.69, 9.17) is 0 Å². The Balaban J connectivity index is 1.87. The molecule has 0 atom stereocenters. The number of urea groups is 1. The normalized spacial score (nSPS) is 16.7. The standard InChI is InChI=1S/C13H21N5O3/c1-9-15-10(17-16-9)7-18(2)12(21)14-8-13(11(19)20)5-3-4-6-13/h3-8H2,1-2H3,(H,14,21)(H,19,20)(H,15,16,17). The molecule has 116 valence electrons. The van der Waals surface area contributed by atoms with Crippen molar-refractivity contribution in [1.29, 1.82) is 0 Å². The predicted octanol–water partition coefficient (Wildman–Crippen LogP) is 0.900. The molecule has 0 aliphatic heterocycles. The molecule has 1 fully saturated rings. The number of hydrogen-bond donors (Lipinski definition) is 3. The van der Waals surface area contributed by atoms with Gasteiger partial charge < -0.3 is 15.3 Å². The van der Waals surface area contributed by atoms with E-state index in [-0.39, 0.29) is 19.1 Å². The lowest BCUT2D eigenvalue weighted by atomic mass is 9.86. The second-order valence-electron chi connectivity index (χ2n) is 5.64. The lowest BCUT2D eigenvalue weighted by molar-refractivity contribution is -0.148. The average Bonchev–Trinajstić information content (AvgIpc) is 3.06. The summed E-state index contributed by atoms with van der Waals surface area (Å²) in [7, 11) is 1.63. The molecule has 3 N–H and O–H groups in total. The van der Waals surface area contributed by atoms with Gasteiger partial charge in [0.05, 0.1) is 12.0 Å². The number of amides is 2. The van der Waals surface area contributed by atoms with Crippen LogP contribution in [0.1, 0.15) is 37.3 Å². The Morgan fingerprint density at radius 3 is 2.62 bits per heavy atom. The summed E-state index contributed by atoms with van der Waals surface area (Å²) in [6.45, 7) is 2.22. The summed E-state index contributed by atoms with van der Waals surface area (Å²) in [5, 5.41) is 18.8. The molecule has 8 heteroatoms. The minimum atomic E-state index is -0.826. The first-order chi connectivity index (χ1) is 9.93. The summed E-state index contributed by atoms with van der Waals surface area (Å²) < 4.78 is 0. The summed E-state index contributed by atoms with van der Waals surface area (Å²) in [4.78, 5) is 29.0. The fourth-order valence-corrected chi connectivity index (χ4v) is 2.64. The number of carboxylic acid groups (broad SMARTS) is 1. The molecule has 0 radical (unpaired) electrons. The van der Waals surface area contributed by atoms with E-state index in [1.165, 1.54) is 4.90 Å². The van der Waals surface area contributed by atoms with Crippen LogP contribution in [0.2, 0.25) is 0 Å². The quantitative estimate of drug-likeness (QED) is 0.747. The number of carbonyl (C=O) groups is 2. The van der Waals surface area contributed by atoms with Crippen molar-refractivity contribution in [2.75, 3.05) is 13.6 Å². The van der Waals surface area contributed by atoms with Crippen molar-refractivity contribution in [2.45, 2.75) is 39.2 Å². The largest absolute Gasteiger partial charge is 0.481 e. The van der Waals surface area contributed by atoms with Crippen molar-refractivity contribution in [3.8, 4) is 0 Å². The Labute approximate surface area is 122 Å². The zero-order valence-corrected chi connectivity index (χ0v) is 12.3. The van der Waals surface area contributed by atoms with Crippen LogP contribution in [0.3, 0.4) is 0 Å². The van der Waals surface area contributed by atoms with E-state index in [0.717, 1.165) is 12.8 Å². The molecule has 21 heavy (non-hydrogen) atoms. The predicted molar refractivity (Wildman–Crippen MR) is 74.5 cm³/mol. The van der Waals surface area contributed by atoms with Crippen LogP contribution in [0.15, 0.2) is 0 Å². The molecule has 1 aliphatic carbocycles. The first-order valence-corrected chi connectivity index (χ1v) is 7.03. The molecular formula is C13H21N5O3. The number of rotatable bonds is 5. The highest BCUT2D eigenvalue weighted by Gasteiger charge is 2.41. The molecule has 1 aromatic rings. The minimum Gasteiger partial charge on any atom is -0.481 e. The van der Waals surface area contributed by atoms with Gasteiger partial charge in [-0.25, -0.2) is 9.78 Å². The number of aromatic amines is 1. The maximum Gasteiger partial charge on any atom is 0.317 e. The van der Waals surface area contributed by atoms with Crippen LogP contribution in [-0.4, -0.2) is 50.8 Å². The van der Waals surface area contributed by atoms with Crippen LogP contribution >= 0.6 is 0 Å². The van der Waals surface area contributed by atoms with E-state index in [1.807, 2.05) is 0 Å². The average molecular weight is 295 g/mol. The number of aromatic nitrogens is 3. The summed E-state index contributed by atoms with van der Waals surface area (Å²) in [6, 6.07) is -0.315. The van der Waals surface area contributed by atoms with Gasteiger partial charge in [-0.3, -0.25) is 9.89 Å². The van der Waals surface area contributed by atoms with Crippen LogP contribution in [0, 0.1) is 12.3 Å². The van der Waals surface area contributed by atoms with Crippen LogP contribution in [0.4, 0.5) is 4.79 Å². The second-order valence-corrected chi connectivity index (χ2v) is 5.64. The lowest BCUT2D eigenvalue weighted by Crippen LogP contribution is -2.45. The maximum atomic E-state index is 12.0. The Morgan fingerprint density at radius 2 is 2.10 bits per heavy atom. The van der Waals surface area contributed by atoms with Crippen molar-refractivity contribution in [1.82, 2.24) is 25.4 Å². The lowest BCUT2D eigenvalue weighted by Gasteiger charge is -2.25. The Bertz CT molecular complexity index is 522. The van der Waals surface area contributed by atoms with E-state index in [9.17, 15) is 14.7 Å². The zero-order chi connectivity index (χ0) is 15.5. The van der Waals surface area contributed by atoms with Crippen LogP contribution in [0.25, 0.3) is 0 Å². The van der Waals surface area contributed by atoms with Gasteiger partial charge in [0, 0.05) is 13.6 Å². The molecule has 0 unspecified atom stereocenters. The van der Waals surface area contributed by atoms with Gasteiger partial charge in [-0.1, -0.05) is 12.8 Å². The number of aliphatic carboxylic acids is 1. The van der Waals surface area contributed by atoms with Gasteiger partial charge >= 0.3 is 12.0 Å². The Kier molecular flexibility index (Phi) is 4.44. The van der Waals surface area contributed by atoms with Crippen molar-refractivity contribution >= 4 is 12.0 Å². The molecule has 1 heterocycles. The fourth-order valence-electron chi connectivity index (χ4n) is 2.64. The first kappa shape index (κ1) is 15.3. The third-order valence-electron chi connectivity index (χ3n) is 3.96. The summed E-state index contributed by atoms with van der Waals surface area (Å²) >= 11 is 0. The number of H-pyrrole nitrogens is 1. The number of aryl methyl sites for hydroxylation is 1. The second kappa shape index (κ2) is 6.11. The SMILES string of the molecule is Cc1nc(CN(C)C(=O)NCC2(C(=O)O)CCCC2)n[nH]1. The number of nitrogens with one attached hydrogen (secondary N) is 2. The highest BCUT2D eigenvalue weighted by Crippen LogP contribution is 2.37. The number of carboxylic acids is 1. The Morgan fingerprint density at radius 1 is 1.43 bits per heavy atom. The summed E-state index contributed by atoms with van der Waals surface area (Å²) in [5.74, 6) is 0.390. The smallest absolute Gasteiger partial charge is 0.317 e. The molecule has 8 nitrogen and oxygen atoms in total. The van der Waals surface area contributed by atoms with Crippen molar-refractivity contribution in [2.24, 2.45) is 5.41 Å². The fraction of sp³-hybridized carbons (Fsp3) is 0.692. The zero-order valence-electron chi connectivity index (χ0n) is 12.3. The first-order valence-electron chi connectivity index (χ1n) is 7.03. The van der Waals surface area contributed by atoms with E-state index in [1.54, 1.807) is 14.0 Å². The molecule has 0 aromatic carbocycles. The monoisotopic (exact) mass is 295 g/mol. The third kappa shape index (κ3) is 3.50. The number of hydrogen-bond acceptors (Lipinski definition) is 4. The minimum absolute atomic E-state index is 0.165. The molecular weight excluding hydrogens is 274 g/mol. The molecule has 2 rings (SSSR count). The highest BCUT2D eigenvalue weighted by molar-refractivity contribution is 5.78. The maximum absolute atomic E-state index is 12.0. The molecule has 0 bridgehead atoms. The highest BCUT2D eigenvalue weighted by atomic mass is 16.4. The third-order valence-corrected chi connectivity index (χ3v) is 3.96. The van der Waals surface area contributed by atoms with E-state index < -0.39 is 11.4 Å². The summed E-state index contributed by atoms with van der Waals surface area (Å²) in [6.07, 6.45) is 3.03. The molecule has 1 aromatic heterocycles. The van der Waals surface area contributed by atoms with Crippen molar-refractivity contribution < 1.29 is 14.7 Å². The van der Waals surface area contributed by atoms with Crippen molar-refractivity contribution in [3.63, 3.8) is 0 Å². The molecule has 1 aliphatic rings. The van der Waals surface area contributed by atoms with Gasteiger partial charge in [-0.2, -0.15) is 5.10 Å². The molecule has 2 amide bonds. The number of carbonyl (C=O) groups excluding carboxylic acids is 1. The van der Waals surface area contributed by atoms with Gasteiger partial charge in [-0.15, -0.1) is 0 Å². The van der Waals surface area contributed by atoms with E-state index in [2.05, 4.69) is 20.5 Å². The van der Waals surface area contributed by atoms with E-state index in [0.29, 0.717) is 24.5 Å². The molecule has 0 saturated heterocycles. The van der Waals surface area contributed by atoms with Crippen molar-refractivity contribution in [3.05, 3.63) is 11.6 Å². The van der Waals surface area contributed by atoms with Gasteiger partial charge in [0.15, 0.2) is 5.82 Å². The van der Waals surface area contributed by atoms with Crippen LogP contribution in [0.5, 0.6) is 0 Å². The molecule has 1 saturated carbocycles. The Hall–Kier alpha value is -2.12. The topological polar surface area (TPSA) is 111 Å². The van der Waals surface area contributed by atoms with Crippen LogP contribution in [-0.2, 0) is 11.3 Å². The summed E-state index contributed by atoms with van der Waals surface area (Å²) in [5.41, 5.74) is -0.808. The van der Waals surface area contributed by atoms with Gasteiger partial charge in [-0.05, 0) is 19.8 Å².